The summed E-state index contributed by atoms with van der Waals surface area (Å²) in [7, 11) is -3.79. The van der Waals surface area contributed by atoms with E-state index >= 15 is 0 Å². The SMILES string of the molecule is CC(C)=NO[Si](C)(C)/C=C/[Si](C)(C)ON=C(C)C. The highest BCUT2D eigenvalue weighted by Crippen LogP contribution is 2.13. The number of nitrogens with zero attached hydrogens (tertiary/aromatic N) is 2. The van der Waals surface area contributed by atoms with E-state index in [0.29, 0.717) is 0 Å². The van der Waals surface area contributed by atoms with Gasteiger partial charge in [-0.3, -0.25) is 0 Å². The molecule has 0 aliphatic rings. The lowest BCUT2D eigenvalue weighted by molar-refractivity contribution is 0.335. The van der Waals surface area contributed by atoms with Gasteiger partial charge in [0.15, 0.2) is 0 Å². The molecule has 0 unspecified atom stereocenters. The molecule has 0 N–H and O–H groups in total. The number of hydrogen-bond acceptors (Lipinski definition) is 4. The van der Waals surface area contributed by atoms with Crippen molar-refractivity contribution in [3.05, 3.63) is 11.4 Å². The van der Waals surface area contributed by atoms with Gasteiger partial charge >= 0.3 is 16.6 Å². The topological polar surface area (TPSA) is 43.2 Å². The molecule has 0 aliphatic carbocycles. The maximum absolute atomic E-state index is 5.58. The van der Waals surface area contributed by atoms with Crippen LogP contribution in [0.15, 0.2) is 21.7 Å². The molecule has 0 heterocycles. The molecule has 4 nitrogen and oxygen atoms in total. The zero-order valence-electron chi connectivity index (χ0n) is 12.9. The van der Waals surface area contributed by atoms with Gasteiger partial charge in [0, 0.05) is 11.4 Å². The molecule has 0 aromatic rings. The zero-order valence-corrected chi connectivity index (χ0v) is 14.9. The van der Waals surface area contributed by atoms with Crippen molar-refractivity contribution in [3.63, 3.8) is 0 Å². The van der Waals surface area contributed by atoms with Gasteiger partial charge in [0.2, 0.25) is 0 Å². The monoisotopic (exact) mass is 286 g/mol. The van der Waals surface area contributed by atoms with Crippen LogP contribution in [0.5, 0.6) is 0 Å². The van der Waals surface area contributed by atoms with Crippen molar-refractivity contribution in [2.75, 3.05) is 0 Å². The Kier molecular flexibility index (Phi) is 6.55. The summed E-state index contributed by atoms with van der Waals surface area (Å²) in [5, 5.41) is 8.09. The average molecular weight is 287 g/mol. The van der Waals surface area contributed by atoms with E-state index in [2.05, 4.69) is 47.9 Å². The van der Waals surface area contributed by atoms with E-state index in [4.69, 9.17) is 9.05 Å². The minimum Gasteiger partial charge on any atom is -0.450 e. The van der Waals surface area contributed by atoms with Crippen LogP contribution in [0.3, 0.4) is 0 Å². The maximum atomic E-state index is 5.58. The largest absolute Gasteiger partial charge is 0.450 e. The Labute approximate surface area is 113 Å². The van der Waals surface area contributed by atoms with Crippen LogP contribution in [0.25, 0.3) is 0 Å². The van der Waals surface area contributed by atoms with Gasteiger partial charge in [0.05, 0.1) is 0 Å². The molecule has 0 aromatic heterocycles. The van der Waals surface area contributed by atoms with Crippen molar-refractivity contribution in [1.29, 1.82) is 0 Å². The van der Waals surface area contributed by atoms with Crippen molar-refractivity contribution in [3.8, 4) is 0 Å². The highest BCUT2D eigenvalue weighted by Gasteiger charge is 2.26. The van der Waals surface area contributed by atoms with Crippen LogP contribution in [0.1, 0.15) is 27.7 Å². The van der Waals surface area contributed by atoms with Crippen LogP contribution in [0.4, 0.5) is 0 Å². The van der Waals surface area contributed by atoms with Gasteiger partial charge in [-0.15, -0.1) is 10.3 Å². The van der Waals surface area contributed by atoms with Gasteiger partial charge in [-0.05, 0) is 53.9 Å². The minimum atomic E-state index is -1.89. The second-order valence-electron chi connectivity index (χ2n) is 5.80. The third kappa shape index (κ3) is 9.18. The van der Waals surface area contributed by atoms with Crippen LogP contribution < -0.4 is 0 Å². The first kappa shape index (κ1) is 17.1. The fourth-order valence-corrected chi connectivity index (χ4v) is 5.05. The second-order valence-corrected chi connectivity index (χ2v) is 13.2. The van der Waals surface area contributed by atoms with Crippen LogP contribution in [0.2, 0.25) is 26.2 Å². The molecule has 0 aliphatic heterocycles. The lowest BCUT2D eigenvalue weighted by Gasteiger charge is -2.19. The van der Waals surface area contributed by atoms with Crippen molar-refractivity contribution in [2.45, 2.75) is 53.9 Å². The van der Waals surface area contributed by atoms with Gasteiger partial charge in [0.1, 0.15) is 0 Å². The van der Waals surface area contributed by atoms with Gasteiger partial charge in [0.25, 0.3) is 0 Å². The minimum absolute atomic E-state index is 0.933. The van der Waals surface area contributed by atoms with E-state index in [0.717, 1.165) is 11.4 Å². The molecule has 0 atom stereocenters. The Bertz CT molecular complexity index is 319. The summed E-state index contributed by atoms with van der Waals surface area (Å²) in [6, 6.07) is 0. The maximum Gasteiger partial charge on any atom is 0.304 e. The fraction of sp³-hybridized carbons (Fsp3) is 0.667. The number of rotatable bonds is 6. The fourth-order valence-electron chi connectivity index (χ4n) is 0.880. The smallest absolute Gasteiger partial charge is 0.304 e. The van der Waals surface area contributed by atoms with E-state index in [-0.39, 0.29) is 0 Å². The second kappa shape index (κ2) is 6.89. The molecule has 0 saturated carbocycles. The number of hydrogen-bond donors (Lipinski definition) is 0. The lowest BCUT2D eigenvalue weighted by atomic mass is 10.5. The Hall–Kier alpha value is -0.886. The molecular weight excluding hydrogens is 260 g/mol. The molecule has 0 spiro atoms. The average Bonchev–Trinajstić information content (AvgIpc) is 2.22. The zero-order chi connectivity index (χ0) is 14.4. The molecular formula is C12H26N2O2Si2. The standard InChI is InChI=1S/C12H26N2O2Si2/c1-11(2)13-15-17(5,6)9-10-18(7,8)16-14-12(3)4/h9-10H,1-8H3/b10-9+. The molecule has 0 rings (SSSR count). The Morgan fingerprint density at radius 1 is 0.722 bits per heavy atom. The molecule has 0 aromatic carbocycles. The van der Waals surface area contributed by atoms with Crippen LogP contribution in [-0.2, 0) is 9.05 Å². The molecule has 0 amide bonds. The Balaban J connectivity index is 4.60. The first-order valence-electron chi connectivity index (χ1n) is 6.13. The summed E-state index contributed by atoms with van der Waals surface area (Å²) in [6.07, 6.45) is 0. The van der Waals surface area contributed by atoms with Gasteiger partial charge in [-0.2, -0.15) is 0 Å². The predicted octanol–water partition coefficient (Wildman–Crippen LogP) is 3.86. The summed E-state index contributed by atoms with van der Waals surface area (Å²) >= 11 is 0. The molecule has 18 heavy (non-hydrogen) atoms. The number of oxime groups is 2. The first-order valence-corrected chi connectivity index (χ1v) is 12.1. The summed E-state index contributed by atoms with van der Waals surface area (Å²) in [4.78, 5) is 0. The molecule has 6 heteroatoms. The van der Waals surface area contributed by atoms with Gasteiger partial charge < -0.3 is 9.05 Å². The highest BCUT2D eigenvalue weighted by atomic mass is 28.4. The Morgan fingerprint density at radius 2 is 1.00 bits per heavy atom. The van der Waals surface area contributed by atoms with Crippen molar-refractivity contribution in [2.24, 2.45) is 10.3 Å². The Morgan fingerprint density at radius 3 is 1.22 bits per heavy atom. The van der Waals surface area contributed by atoms with E-state index in [1.165, 1.54) is 0 Å². The van der Waals surface area contributed by atoms with E-state index in [1.54, 1.807) is 0 Å². The van der Waals surface area contributed by atoms with Crippen LogP contribution in [0, 0.1) is 0 Å². The summed E-state index contributed by atoms with van der Waals surface area (Å²) in [5.74, 6) is 0. The van der Waals surface area contributed by atoms with Crippen LogP contribution in [-0.4, -0.2) is 28.1 Å². The van der Waals surface area contributed by atoms with Gasteiger partial charge in [-0.25, -0.2) is 0 Å². The van der Waals surface area contributed by atoms with Crippen molar-refractivity contribution >= 4 is 28.1 Å². The molecule has 0 radical (unpaired) electrons. The van der Waals surface area contributed by atoms with Crippen molar-refractivity contribution < 1.29 is 9.05 Å². The van der Waals surface area contributed by atoms with Crippen LogP contribution >= 0.6 is 0 Å². The molecule has 104 valence electrons. The summed E-state index contributed by atoms with van der Waals surface area (Å²) < 4.78 is 11.2. The highest BCUT2D eigenvalue weighted by molar-refractivity contribution is 6.81. The van der Waals surface area contributed by atoms with E-state index < -0.39 is 16.6 Å². The third-order valence-electron chi connectivity index (χ3n) is 1.81. The normalized spacial score (nSPS) is 12.2. The van der Waals surface area contributed by atoms with Crippen molar-refractivity contribution in [1.82, 2.24) is 0 Å². The first-order chi connectivity index (χ1) is 8.04. The summed E-state index contributed by atoms with van der Waals surface area (Å²) in [6.45, 7) is 16.1. The van der Waals surface area contributed by atoms with E-state index in [1.807, 2.05) is 27.7 Å². The predicted molar refractivity (Wildman–Crippen MR) is 83.8 cm³/mol. The lowest BCUT2D eigenvalue weighted by Crippen LogP contribution is -2.31. The summed E-state index contributed by atoms with van der Waals surface area (Å²) in [5.41, 5.74) is 6.13. The van der Waals surface area contributed by atoms with E-state index in [9.17, 15) is 0 Å². The quantitative estimate of drug-likeness (QED) is 0.423. The molecule has 0 saturated heterocycles. The molecule has 0 fully saturated rings. The third-order valence-corrected chi connectivity index (χ3v) is 5.21. The molecule has 0 bridgehead atoms. The van der Waals surface area contributed by atoms with Gasteiger partial charge in [-0.1, -0.05) is 11.4 Å².